The Balaban J connectivity index is 2.18. The summed E-state index contributed by atoms with van der Waals surface area (Å²) in [5.74, 6) is 1.24. The van der Waals surface area contributed by atoms with E-state index >= 15 is 0 Å². The molecule has 106 valence electrons. The van der Waals surface area contributed by atoms with Gasteiger partial charge in [-0.25, -0.2) is 4.68 Å². The molecule has 6 nitrogen and oxygen atoms in total. The molecule has 1 aromatic carbocycles. The van der Waals surface area contributed by atoms with Gasteiger partial charge in [-0.05, 0) is 24.3 Å². The summed E-state index contributed by atoms with van der Waals surface area (Å²) >= 11 is 12.2. The molecular weight excluding hydrogens is 311 g/mol. The highest BCUT2D eigenvalue weighted by atomic mass is 35.5. The number of aromatic nitrogens is 5. The Morgan fingerprint density at radius 2 is 2.00 bits per heavy atom. The fourth-order valence-corrected chi connectivity index (χ4v) is 2.13. The lowest BCUT2D eigenvalue weighted by Gasteiger charge is -2.08. The summed E-state index contributed by atoms with van der Waals surface area (Å²) in [6, 6.07) is 6.91. The van der Waals surface area contributed by atoms with Gasteiger partial charge in [0.05, 0.1) is 5.02 Å². The second-order valence-electron chi connectivity index (χ2n) is 4.11. The smallest absolute Gasteiger partial charge is 0.255 e. The molecule has 0 saturated heterocycles. The van der Waals surface area contributed by atoms with Crippen LogP contribution in [0.5, 0.6) is 0 Å². The van der Waals surface area contributed by atoms with Gasteiger partial charge in [-0.1, -0.05) is 23.2 Å². The molecule has 0 fully saturated rings. The Hall–Kier alpha value is -2.18. The Morgan fingerprint density at radius 1 is 1.14 bits per heavy atom. The molecule has 0 amide bonds. The van der Waals surface area contributed by atoms with Crippen molar-refractivity contribution in [2.24, 2.45) is 0 Å². The van der Waals surface area contributed by atoms with Crippen LogP contribution in [0.15, 0.2) is 36.7 Å². The van der Waals surface area contributed by atoms with Gasteiger partial charge in [-0.2, -0.15) is 20.1 Å². The van der Waals surface area contributed by atoms with Crippen molar-refractivity contribution in [1.29, 1.82) is 0 Å². The first-order chi connectivity index (χ1) is 10.2. The van der Waals surface area contributed by atoms with E-state index in [4.69, 9.17) is 23.2 Å². The third-order valence-electron chi connectivity index (χ3n) is 2.73. The molecule has 3 aromatic rings. The highest BCUT2D eigenvalue weighted by Crippen LogP contribution is 2.28. The van der Waals surface area contributed by atoms with Crippen LogP contribution in [-0.2, 0) is 0 Å². The highest BCUT2D eigenvalue weighted by molar-refractivity contribution is 6.35. The van der Waals surface area contributed by atoms with Crippen LogP contribution in [0.2, 0.25) is 10.0 Å². The lowest BCUT2D eigenvalue weighted by molar-refractivity contribution is 0.800. The van der Waals surface area contributed by atoms with Crippen molar-refractivity contribution >= 4 is 29.2 Å². The summed E-state index contributed by atoms with van der Waals surface area (Å²) < 4.78 is 1.55. The molecule has 0 atom stereocenters. The maximum atomic E-state index is 6.20. The first kappa shape index (κ1) is 13.8. The second kappa shape index (κ2) is 5.67. The molecule has 0 spiro atoms. The number of nitrogens with zero attached hydrogens (tertiary/aromatic N) is 5. The zero-order valence-electron chi connectivity index (χ0n) is 11.0. The van der Waals surface area contributed by atoms with Crippen molar-refractivity contribution in [3.05, 3.63) is 46.7 Å². The van der Waals surface area contributed by atoms with Crippen LogP contribution >= 0.6 is 23.2 Å². The molecule has 1 N–H and O–H groups in total. The summed E-state index contributed by atoms with van der Waals surface area (Å²) in [6.45, 7) is 0. The van der Waals surface area contributed by atoms with Crippen LogP contribution in [-0.4, -0.2) is 31.8 Å². The topological polar surface area (TPSA) is 68.5 Å². The number of hydrogen-bond acceptors (Lipinski definition) is 5. The van der Waals surface area contributed by atoms with E-state index in [1.165, 1.54) is 0 Å². The molecule has 0 aliphatic heterocycles. The second-order valence-corrected chi connectivity index (χ2v) is 4.95. The van der Waals surface area contributed by atoms with Crippen molar-refractivity contribution in [2.45, 2.75) is 0 Å². The average Bonchev–Trinajstić information content (AvgIpc) is 3.03. The van der Waals surface area contributed by atoms with Gasteiger partial charge >= 0.3 is 0 Å². The minimum atomic E-state index is 0.394. The van der Waals surface area contributed by atoms with Gasteiger partial charge in [0.15, 0.2) is 5.82 Å². The van der Waals surface area contributed by atoms with Crippen LogP contribution in [0, 0.1) is 0 Å². The van der Waals surface area contributed by atoms with Crippen molar-refractivity contribution in [3.8, 4) is 17.3 Å². The van der Waals surface area contributed by atoms with E-state index in [1.807, 2.05) is 0 Å². The Morgan fingerprint density at radius 3 is 2.71 bits per heavy atom. The molecule has 0 aliphatic carbocycles. The third kappa shape index (κ3) is 2.81. The van der Waals surface area contributed by atoms with Gasteiger partial charge in [-0.15, -0.1) is 0 Å². The number of benzene rings is 1. The quantitative estimate of drug-likeness (QED) is 0.803. The minimum absolute atomic E-state index is 0.394. The summed E-state index contributed by atoms with van der Waals surface area (Å²) in [5.41, 5.74) is 0.636. The maximum Gasteiger partial charge on any atom is 0.255 e. The minimum Gasteiger partial charge on any atom is -0.357 e. The summed E-state index contributed by atoms with van der Waals surface area (Å²) in [6.07, 6.45) is 3.40. The molecule has 0 unspecified atom stereocenters. The van der Waals surface area contributed by atoms with Crippen molar-refractivity contribution in [2.75, 3.05) is 12.4 Å². The van der Waals surface area contributed by atoms with E-state index in [0.29, 0.717) is 33.3 Å². The predicted molar refractivity (Wildman–Crippen MR) is 82.0 cm³/mol. The van der Waals surface area contributed by atoms with E-state index in [0.717, 1.165) is 0 Å². The zero-order chi connectivity index (χ0) is 14.8. The summed E-state index contributed by atoms with van der Waals surface area (Å²) in [4.78, 5) is 13.0. The Labute approximate surface area is 130 Å². The highest BCUT2D eigenvalue weighted by Gasteiger charge is 2.12. The lowest BCUT2D eigenvalue weighted by Crippen LogP contribution is -2.08. The molecule has 0 saturated carbocycles. The molecule has 8 heteroatoms. The molecule has 2 aromatic heterocycles. The van der Waals surface area contributed by atoms with Crippen LogP contribution in [0.1, 0.15) is 0 Å². The van der Waals surface area contributed by atoms with E-state index in [-0.39, 0.29) is 0 Å². The molecule has 3 rings (SSSR count). The third-order valence-corrected chi connectivity index (χ3v) is 3.29. The zero-order valence-corrected chi connectivity index (χ0v) is 12.5. The Bertz CT molecular complexity index is 772. The van der Waals surface area contributed by atoms with Crippen LogP contribution in [0.25, 0.3) is 17.3 Å². The summed E-state index contributed by atoms with van der Waals surface area (Å²) in [5, 5.41) is 8.08. The normalized spacial score (nSPS) is 10.6. The average molecular weight is 321 g/mol. The van der Waals surface area contributed by atoms with E-state index < -0.39 is 0 Å². The van der Waals surface area contributed by atoms with Gasteiger partial charge in [0.2, 0.25) is 5.95 Å². The van der Waals surface area contributed by atoms with E-state index in [1.54, 1.807) is 48.4 Å². The molecule has 2 heterocycles. The monoisotopic (exact) mass is 320 g/mol. The van der Waals surface area contributed by atoms with Crippen molar-refractivity contribution < 1.29 is 0 Å². The van der Waals surface area contributed by atoms with Gasteiger partial charge in [0.1, 0.15) is 0 Å². The number of halogens is 2. The largest absolute Gasteiger partial charge is 0.357 e. The lowest BCUT2D eigenvalue weighted by atomic mass is 10.2. The number of hydrogen-bond donors (Lipinski definition) is 1. The van der Waals surface area contributed by atoms with Gasteiger partial charge in [0, 0.05) is 30.0 Å². The molecule has 21 heavy (non-hydrogen) atoms. The molecule has 0 bridgehead atoms. The fraction of sp³-hybridized carbons (Fsp3) is 0.0769. The van der Waals surface area contributed by atoms with Gasteiger partial charge in [0.25, 0.3) is 5.95 Å². The SMILES string of the molecule is CNc1nc(-c2cc(Cl)ccc2Cl)nc(-n2cccn2)n1. The number of rotatable bonds is 3. The standard InChI is InChI=1S/C13H10Cl2N6/c1-16-12-18-11(9-7-8(14)3-4-10(9)15)19-13(20-12)21-6-2-5-17-21/h2-7H,1H3,(H,16,18,19,20). The maximum absolute atomic E-state index is 6.20. The number of nitrogens with one attached hydrogen (secondary N) is 1. The van der Waals surface area contributed by atoms with E-state index in [9.17, 15) is 0 Å². The van der Waals surface area contributed by atoms with Crippen LogP contribution < -0.4 is 5.32 Å². The molecule has 0 radical (unpaired) electrons. The van der Waals surface area contributed by atoms with Gasteiger partial charge < -0.3 is 5.32 Å². The fourth-order valence-electron chi connectivity index (χ4n) is 1.76. The van der Waals surface area contributed by atoms with Crippen molar-refractivity contribution in [1.82, 2.24) is 24.7 Å². The predicted octanol–water partition coefficient (Wildman–Crippen LogP) is 3.07. The first-order valence-corrected chi connectivity index (χ1v) is 6.82. The van der Waals surface area contributed by atoms with Gasteiger partial charge in [-0.3, -0.25) is 0 Å². The summed E-state index contributed by atoms with van der Waals surface area (Å²) in [7, 11) is 1.73. The Kier molecular flexibility index (Phi) is 3.72. The van der Waals surface area contributed by atoms with Crippen LogP contribution in [0.3, 0.4) is 0 Å². The first-order valence-electron chi connectivity index (χ1n) is 6.06. The molecular formula is C13H10Cl2N6. The van der Waals surface area contributed by atoms with Crippen molar-refractivity contribution in [3.63, 3.8) is 0 Å². The van der Waals surface area contributed by atoms with Crippen LogP contribution in [0.4, 0.5) is 5.95 Å². The van der Waals surface area contributed by atoms with E-state index in [2.05, 4.69) is 25.4 Å². The number of anilines is 1. The molecule has 0 aliphatic rings.